The summed E-state index contributed by atoms with van der Waals surface area (Å²) in [6.07, 6.45) is 7.18. The third-order valence-electron chi connectivity index (χ3n) is 3.75. The van der Waals surface area contributed by atoms with Gasteiger partial charge in [-0.25, -0.2) is 4.39 Å². The molecule has 1 aliphatic carbocycles. The van der Waals surface area contributed by atoms with Crippen molar-refractivity contribution >= 4 is 27.5 Å². The van der Waals surface area contributed by atoms with Crippen molar-refractivity contribution in [3.05, 3.63) is 33.0 Å². The maximum absolute atomic E-state index is 13.9. The molecule has 1 unspecified atom stereocenters. The van der Waals surface area contributed by atoms with Crippen molar-refractivity contribution in [2.75, 3.05) is 0 Å². The van der Waals surface area contributed by atoms with Crippen molar-refractivity contribution in [3.63, 3.8) is 0 Å². The first-order chi connectivity index (χ1) is 8.58. The molecule has 0 amide bonds. The molecule has 1 aromatic carbocycles. The molecule has 0 aliphatic heterocycles. The van der Waals surface area contributed by atoms with E-state index in [0.717, 1.165) is 6.42 Å². The van der Waals surface area contributed by atoms with Crippen LogP contribution < -0.4 is 5.73 Å². The van der Waals surface area contributed by atoms with Gasteiger partial charge in [0.2, 0.25) is 0 Å². The molecule has 0 radical (unpaired) electrons. The largest absolute Gasteiger partial charge is 0.324 e. The quantitative estimate of drug-likeness (QED) is 0.754. The van der Waals surface area contributed by atoms with Gasteiger partial charge in [-0.1, -0.05) is 43.7 Å². The number of benzene rings is 1. The Kier molecular flexibility index (Phi) is 5.05. The monoisotopic (exact) mass is 333 g/mol. The summed E-state index contributed by atoms with van der Waals surface area (Å²) >= 11 is 9.22. The third-order valence-corrected chi connectivity index (χ3v) is 4.95. The summed E-state index contributed by atoms with van der Waals surface area (Å²) in [5, 5.41) is 0.519. The normalized spacial score (nSPS) is 18.9. The number of nitrogens with two attached hydrogens (primary N) is 1. The summed E-state index contributed by atoms with van der Waals surface area (Å²) in [4.78, 5) is 0. The predicted octanol–water partition coefficient (Wildman–Crippen LogP) is 5.21. The first-order valence-corrected chi connectivity index (χ1v) is 7.65. The van der Waals surface area contributed by atoms with Crippen LogP contribution in [0.3, 0.4) is 0 Å². The second-order valence-corrected chi connectivity index (χ2v) is 6.40. The molecular formula is C14H18BrClFN. The Bertz CT molecular complexity index is 419. The summed E-state index contributed by atoms with van der Waals surface area (Å²) in [5.41, 5.74) is 6.67. The van der Waals surface area contributed by atoms with Gasteiger partial charge in [0.15, 0.2) is 0 Å². The van der Waals surface area contributed by atoms with E-state index >= 15 is 0 Å². The van der Waals surface area contributed by atoms with Gasteiger partial charge < -0.3 is 5.73 Å². The van der Waals surface area contributed by atoms with Crippen LogP contribution in [0.2, 0.25) is 5.02 Å². The van der Waals surface area contributed by atoms with Crippen molar-refractivity contribution in [1.29, 1.82) is 0 Å². The molecule has 1 saturated carbocycles. The lowest BCUT2D eigenvalue weighted by Gasteiger charge is -2.25. The van der Waals surface area contributed by atoms with Gasteiger partial charge in [-0.3, -0.25) is 0 Å². The van der Waals surface area contributed by atoms with Crippen molar-refractivity contribution in [2.45, 2.75) is 44.6 Å². The Morgan fingerprint density at radius 1 is 1.33 bits per heavy atom. The number of hydrogen-bond donors (Lipinski definition) is 1. The first-order valence-electron chi connectivity index (χ1n) is 6.48. The first kappa shape index (κ1) is 14.3. The molecule has 0 spiro atoms. The molecule has 1 aliphatic rings. The molecule has 1 nitrogen and oxygen atoms in total. The van der Waals surface area contributed by atoms with Crippen LogP contribution in [0.4, 0.5) is 4.39 Å². The lowest BCUT2D eigenvalue weighted by atomic mass is 9.83. The fraction of sp³-hybridized carbons (Fsp3) is 0.571. The van der Waals surface area contributed by atoms with Gasteiger partial charge in [0.1, 0.15) is 5.82 Å². The van der Waals surface area contributed by atoms with Crippen molar-refractivity contribution < 1.29 is 4.39 Å². The van der Waals surface area contributed by atoms with E-state index in [9.17, 15) is 4.39 Å². The Morgan fingerprint density at radius 2 is 2.00 bits per heavy atom. The van der Waals surface area contributed by atoms with Crippen LogP contribution in [0, 0.1) is 11.7 Å². The van der Waals surface area contributed by atoms with E-state index in [4.69, 9.17) is 17.3 Å². The summed E-state index contributed by atoms with van der Waals surface area (Å²) < 4.78 is 14.4. The molecule has 4 heteroatoms. The zero-order valence-corrected chi connectivity index (χ0v) is 12.6. The molecule has 0 heterocycles. The SMILES string of the molecule is NC(CC1CCCCC1)c1cc(Cl)c(Br)cc1F. The number of halogens is 3. The Labute approximate surface area is 121 Å². The minimum atomic E-state index is -0.269. The molecule has 2 rings (SSSR count). The maximum Gasteiger partial charge on any atom is 0.129 e. The molecule has 1 atom stereocenters. The number of hydrogen-bond acceptors (Lipinski definition) is 1. The maximum atomic E-state index is 13.9. The summed E-state index contributed by atoms with van der Waals surface area (Å²) in [7, 11) is 0. The van der Waals surface area contributed by atoms with Gasteiger partial charge in [-0.05, 0) is 40.4 Å². The van der Waals surface area contributed by atoms with Gasteiger partial charge in [0.25, 0.3) is 0 Å². The van der Waals surface area contributed by atoms with Crippen LogP contribution in [0.5, 0.6) is 0 Å². The molecule has 1 aromatic rings. The van der Waals surface area contributed by atoms with Crippen molar-refractivity contribution in [1.82, 2.24) is 0 Å². The summed E-state index contributed by atoms with van der Waals surface area (Å²) in [6, 6.07) is 2.80. The average Bonchev–Trinajstić information content (AvgIpc) is 2.35. The van der Waals surface area contributed by atoms with Crippen molar-refractivity contribution in [3.8, 4) is 0 Å². The Morgan fingerprint density at radius 3 is 2.67 bits per heavy atom. The topological polar surface area (TPSA) is 26.0 Å². The van der Waals surface area contributed by atoms with Crippen LogP contribution in [-0.2, 0) is 0 Å². The van der Waals surface area contributed by atoms with Crippen LogP contribution in [0.15, 0.2) is 16.6 Å². The minimum Gasteiger partial charge on any atom is -0.324 e. The van der Waals surface area contributed by atoms with Gasteiger partial charge in [-0.2, -0.15) is 0 Å². The fourth-order valence-electron chi connectivity index (χ4n) is 2.73. The van der Waals surface area contributed by atoms with Crippen LogP contribution in [0.1, 0.15) is 50.1 Å². The zero-order valence-electron chi connectivity index (χ0n) is 10.3. The predicted molar refractivity (Wildman–Crippen MR) is 77.2 cm³/mol. The molecule has 100 valence electrons. The van der Waals surface area contributed by atoms with E-state index in [1.165, 1.54) is 38.2 Å². The van der Waals surface area contributed by atoms with Crippen molar-refractivity contribution in [2.24, 2.45) is 11.7 Å². The van der Waals surface area contributed by atoms with E-state index in [2.05, 4.69) is 15.9 Å². The zero-order chi connectivity index (χ0) is 13.1. The second kappa shape index (κ2) is 6.36. The molecular weight excluding hydrogens is 317 g/mol. The molecule has 0 aromatic heterocycles. The van der Waals surface area contributed by atoms with E-state index in [1.807, 2.05) is 0 Å². The molecule has 0 saturated heterocycles. The van der Waals surface area contributed by atoms with E-state index in [1.54, 1.807) is 6.07 Å². The van der Waals surface area contributed by atoms with Gasteiger partial charge >= 0.3 is 0 Å². The number of rotatable bonds is 3. The third kappa shape index (κ3) is 3.46. The fourth-order valence-corrected chi connectivity index (χ4v) is 3.22. The Balaban J connectivity index is 2.08. The highest BCUT2D eigenvalue weighted by Gasteiger charge is 2.20. The van der Waals surface area contributed by atoms with Crippen LogP contribution in [0.25, 0.3) is 0 Å². The smallest absolute Gasteiger partial charge is 0.129 e. The minimum absolute atomic E-state index is 0.251. The molecule has 1 fully saturated rings. The van der Waals surface area contributed by atoms with Gasteiger partial charge in [0, 0.05) is 16.1 Å². The lowest BCUT2D eigenvalue weighted by Crippen LogP contribution is -2.18. The average molecular weight is 335 g/mol. The molecule has 2 N–H and O–H groups in total. The highest BCUT2D eigenvalue weighted by molar-refractivity contribution is 9.10. The lowest BCUT2D eigenvalue weighted by molar-refractivity contribution is 0.317. The highest BCUT2D eigenvalue weighted by atomic mass is 79.9. The van der Waals surface area contributed by atoms with Gasteiger partial charge in [-0.15, -0.1) is 0 Å². The highest BCUT2D eigenvalue weighted by Crippen LogP contribution is 2.34. The molecule has 18 heavy (non-hydrogen) atoms. The van der Waals surface area contributed by atoms with E-state index in [0.29, 0.717) is 21.0 Å². The summed E-state index contributed by atoms with van der Waals surface area (Å²) in [5.74, 6) is 0.366. The second-order valence-electron chi connectivity index (χ2n) is 5.13. The standard InChI is InChI=1S/C14H18BrClFN/c15-11-8-13(17)10(7-12(11)16)14(18)6-9-4-2-1-3-5-9/h7-9,14H,1-6,18H2. The van der Waals surface area contributed by atoms with Crippen LogP contribution >= 0.6 is 27.5 Å². The van der Waals surface area contributed by atoms with Crippen LogP contribution in [-0.4, -0.2) is 0 Å². The van der Waals surface area contributed by atoms with Gasteiger partial charge in [0.05, 0.1) is 5.02 Å². The molecule has 0 bridgehead atoms. The van der Waals surface area contributed by atoms with E-state index < -0.39 is 0 Å². The summed E-state index contributed by atoms with van der Waals surface area (Å²) in [6.45, 7) is 0. The van der Waals surface area contributed by atoms with E-state index in [-0.39, 0.29) is 11.9 Å². The Hall–Kier alpha value is -0.120.